The van der Waals surface area contributed by atoms with E-state index in [0.717, 1.165) is 12.8 Å². The van der Waals surface area contributed by atoms with Gasteiger partial charge in [0.25, 0.3) is 5.91 Å². The van der Waals surface area contributed by atoms with Crippen molar-refractivity contribution in [2.75, 3.05) is 17.2 Å². The molecule has 1 amide bonds. The highest BCUT2D eigenvalue weighted by Crippen LogP contribution is 2.13. The molecule has 1 fully saturated rings. The maximum atomic E-state index is 11.7. The summed E-state index contributed by atoms with van der Waals surface area (Å²) in [6.07, 6.45) is 1.55. The zero-order valence-electron chi connectivity index (χ0n) is 8.64. The monoisotopic (exact) mass is 259 g/mol. The van der Waals surface area contributed by atoms with Crippen LogP contribution in [0.25, 0.3) is 0 Å². The fourth-order valence-electron chi connectivity index (χ4n) is 1.59. The molecular weight excluding hydrogens is 246 g/mol. The van der Waals surface area contributed by atoms with E-state index in [0.29, 0.717) is 22.3 Å². The Morgan fingerprint density at radius 3 is 2.81 bits per heavy atom. The lowest BCUT2D eigenvalue weighted by Crippen LogP contribution is -2.39. The summed E-state index contributed by atoms with van der Waals surface area (Å²) in [6.45, 7) is 0. The van der Waals surface area contributed by atoms with Crippen LogP contribution in [0.2, 0.25) is 0 Å². The number of aromatic nitrogens is 1. The first-order valence-electron chi connectivity index (χ1n) is 5.02. The van der Waals surface area contributed by atoms with Gasteiger partial charge < -0.3 is 11.1 Å². The minimum absolute atomic E-state index is 0.119. The number of thiazole rings is 1. The number of carbonyl (C=O) groups is 1. The average Bonchev–Trinajstić information content (AvgIpc) is 2.68. The number of nitrogens with zero attached hydrogens (tertiary/aromatic N) is 1. The van der Waals surface area contributed by atoms with Crippen molar-refractivity contribution in [1.29, 1.82) is 0 Å². The Labute approximate surface area is 99.9 Å². The van der Waals surface area contributed by atoms with Gasteiger partial charge >= 0.3 is 0 Å². The van der Waals surface area contributed by atoms with Crippen molar-refractivity contribution in [3.8, 4) is 0 Å². The number of nitrogens with one attached hydrogen (secondary N) is 1. The molecule has 5 nitrogen and oxygen atoms in total. The summed E-state index contributed by atoms with van der Waals surface area (Å²) in [5, 5.41) is 4.93. The maximum absolute atomic E-state index is 11.7. The third-order valence-corrected chi connectivity index (χ3v) is 4.53. The topological polar surface area (TPSA) is 85.1 Å². The van der Waals surface area contributed by atoms with Gasteiger partial charge in [0.2, 0.25) is 0 Å². The van der Waals surface area contributed by atoms with Gasteiger partial charge in [-0.05, 0) is 12.8 Å². The number of carbonyl (C=O) groups excluding carboxylic acids is 1. The second kappa shape index (κ2) is 4.92. The molecule has 1 aromatic heterocycles. The molecule has 3 N–H and O–H groups in total. The van der Waals surface area contributed by atoms with Crippen LogP contribution in [0.15, 0.2) is 5.38 Å². The van der Waals surface area contributed by atoms with Gasteiger partial charge in [0, 0.05) is 33.7 Å². The van der Waals surface area contributed by atoms with E-state index in [9.17, 15) is 9.00 Å². The zero-order valence-corrected chi connectivity index (χ0v) is 10.3. The SMILES string of the molecule is Nc1nc(C(=O)NC2CCS(=O)CC2)cs1. The van der Waals surface area contributed by atoms with E-state index < -0.39 is 10.8 Å². The van der Waals surface area contributed by atoms with Crippen LogP contribution < -0.4 is 11.1 Å². The summed E-state index contributed by atoms with van der Waals surface area (Å²) >= 11 is 1.25. The Balaban J connectivity index is 1.90. The van der Waals surface area contributed by atoms with Gasteiger partial charge in [-0.25, -0.2) is 4.98 Å². The second-order valence-corrected chi connectivity index (χ2v) is 6.25. The smallest absolute Gasteiger partial charge is 0.271 e. The maximum Gasteiger partial charge on any atom is 0.271 e. The summed E-state index contributed by atoms with van der Waals surface area (Å²) in [5.41, 5.74) is 5.82. The molecular formula is C9H13N3O2S2. The molecule has 2 heterocycles. The van der Waals surface area contributed by atoms with E-state index in [4.69, 9.17) is 5.73 Å². The van der Waals surface area contributed by atoms with Gasteiger partial charge in [-0.15, -0.1) is 11.3 Å². The number of amides is 1. The predicted molar refractivity (Wildman–Crippen MR) is 64.9 cm³/mol. The number of anilines is 1. The Kier molecular flexibility index (Phi) is 3.55. The Hall–Kier alpha value is -0.950. The second-order valence-electron chi connectivity index (χ2n) is 3.67. The molecule has 0 aromatic carbocycles. The first kappa shape index (κ1) is 11.5. The molecule has 0 bridgehead atoms. The van der Waals surface area contributed by atoms with Crippen molar-refractivity contribution in [2.24, 2.45) is 0 Å². The average molecular weight is 259 g/mol. The van der Waals surface area contributed by atoms with Gasteiger partial charge in [-0.2, -0.15) is 0 Å². The molecule has 88 valence electrons. The first-order valence-corrected chi connectivity index (χ1v) is 7.39. The van der Waals surface area contributed by atoms with Crippen molar-refractivity contribution in [2.45, 2.75) is 18.9 Å². The van der Waals surface area contributed by atoms with Crippen molar-refractivity contribution in [3.05, 3.63) is 11.1 Å². The van der Waals surface area contributed by atoms with E-state index >= 15 is 0 Å². The Bertz CT molecular complexity index is 409. The molecule has 7 heteroatoms. The van der Waals surface area contributed by atoms with Crippen LogP contribution in [0.5, 0.6) is 0 Å². The molecule has 0 spiro atoms. The minimum atomic E-state index is -0.701. The largest absolute Gasteiger partial charge is 0.375 e. The standard InChI is InChI=1S/C9H13N3O2S2/c10-9-12-7(5-15-9)8(13)11-6-1-3-16(14)4-2-6/h5-6H,1-4H2,(H2,10,12)(H,11,13). The molecule has 16 heavy (non-hydrogen) atoms. The lowest BCUT2D eigenvalue weighted by Gasteiger charge is -2.21. The number of hydrogen-bond acceptors (Lipinski definition) is 5. The molecule has 1 saturated heterocycles. The van der Waals surface area contributed by atoms with E-state index in [1.807, 2.05) is 0 Å². The Morgan fingerprint density at radius 2 is 2.25 bits per heavy atom. The third-order valence-electron chi connectivity index (χ3n) is 2.48. The van der Waals surface area contributed by atoms with Crippen molar-refractivity contribution >= 4 is 33.2 Å². The number of rotatable bonds is 2. The minimum Gasteiger partial charge on any atom is -0.375 e. The van der Waals surface area contributed by atoms with Crippen molar-refractivity contribution in [1.82, 2.24) is 10.3 Å². The molecule has 1 aliphatic rings. The van der Waals surface area contributed by atoms with Crippen LogP contribution in [0.3, 0.4) is 0 Å². The molecule has 1 aliphatic heterocycles. The Morgan fingerprint density at radius 1 is 1.56 bits per heavy atom. The summed E-state index contributed by atoms with van der Waals surface area (Å²) < 4.78 is 11.1. The van der Waals surface area contributed by atoms with Gasteiger partial charge in [0.05, 0.1) is 0 Å². The number of nitrogens with two attached hydrogens (primary N) is 1. The van der Waals surface area contributed by atoms with Crippen molar-refractivity contribution < 1.29 is 9.00 Å². The summed E-state index contributed by atoms with van der Waals surface area (Å²) in [7, 11) is -0.701. The molecule has 1 aromatic rings. The van der Waals surface area contributed by atoms with Gasteiger partial charge in [-0.3, -0.25) is 9.00 Å². The van der Waals surface area contributed by atoms with E-state index in [2.05, 4.69) is 10.3 Å². The normalized spacial score (nSPS) is 25.2. The van der Waals surface area contributed by atoms with E-state index in [-0.39, 0.29) is 11.9 Å². The van der Waals surface area contributed by atoms with E-state index in [1.165, 1.54) is 11.3 Å². The first-order chi connectivity index (χ1) is 7.65. The summed E-state index contributed by atoms with van der Waals surface area (Å²) in [6, 6.07) is 0.119. The highest BCUT2D eigenvalue weighted by atomic mass is 32.2. The highest BCUT2D eigenvalue weighted by molar-refractivity contribution is 7.85. The van der Waals surface area contributed by atoms with E-state index in [1.54, 1.807) is 5.38 Å². The quantitative estimate of drug-likeness (QED) is 0.803. The van der Waals surface area contributed by atoms with Crippen LogP contribution in [0.4, 0.5) is 5.13 Å². The molecule has 2 rings (SSSR count). The van der Waals surface area contributed by atoms with Crippen LogP contribution in [-0.4, -0.2) is 32.6 Å². The zero-order chi connectivity index (χ0) is 11.5. The molecule has 0 atom stereocenters. The summed E-state index contributed by atoms with van der Waals surface area (Å²) in [5.74, 6) is 1.15. The van der Waals surface area contributed by atoms with Crippen molar-refractivity contribution in [3.63, 3.8) is 0 Å². The van der Waals surface area contributed by atoms with Crippen LogP contribution in [-0.2, 0) is 10.8 Å². The molecule has 0 aliphatic carbocycles. The van der Waals surface area contributed by atoms with Gasteiger partial charge in [0.15, 0.2) is 5.13 Å². The fourth-order valence-corrected chi connectivity index (χ4v) is 3.43. The predicted octanol–water partition coefficient (Wildman–Crippen LogP) is 0.366. The number of nitrogen functional groups attached to an aromatic ring is 1. The lowest BCUT2D eigenvalue weighted by atomic mass is 10.1. The third kappa shape index (κ3) is 2.79. The number of hydrogen-bond donors (Lipinski definition) is 2. The van der Waals surface area contributed by atoms with Gasteiger partial charge in [-0.1, -0.05) is 0 Å². The van der Waals surface area contributed by atoms with Crippen LogP contribution in [0.1, 0.15) is 23.3 Å². The van der Waals surface area contributed by atoms with Crippen LogP contribution in [0, 0.1) is 0 Å². The molecule has 0 unspecified atom stereocenters. The summed E-state index contributed by atoms with van der Waals surface area (Å²) in [4.78, 5) is 15.6. The molecule has 0 saturated carbocycles. The molecule has 0 radical (unpaired) electrons. The van der Waals surface area contributed by atoms with Crippen LogP contribution >= 0.6 is 11.3 Å². The fraction of sp³-hybridized carbons (Fsp3) is 0.556. The van der Waals surface area contributed by atoms with Gasteiger partial charge in [0.1, 0.15) is 5.69 Å². The lowest BCUT2D eigenvalue weighted by molar-refractivity contribution is 0.0930. The highest BCUT2D eigenvalue weighted by Gasteiger charge is 2.20.